The van der Waals surface area contributed by atoms with Crippen molar-refractivity contribution in [1.82, 2.24) is 5.32 Å². The lowest BCUT2D eigenvalue weighted by atomic mass is 9.98. The van der Waals surface area contributed by atoms with Crippen LogP contribution in [-0.4, -0.2) is 7.05 Å². The topological polar surface area (TPSA) is 12.0 Å². The lowest BCUT2D eigenvalue weighted by molar-refractivity contribution is 0.590. The molecule has 1 aliphatic carbocycles. The molecule has 1 aliphatic rings. The zero-order chi connectivity index (χ0) is 14.8. The normalized spacial score (nSPS) is 15.8. The van der Waals surface area contributed by atoms with Crippen molar-refractivity contribution in [3.05, 3.63) is 55.4 Å². The highest BCUT2D eigenvalue weighted by Crippen LogP contribution is 2.34. The minimum Gasteiger partial charge on any atom is -0.312 e. The molecule has 3 rings (SSSR count). The Labute approximate surface area is 137 Å². The summed E-state index contributed by atoms with van der Waals surface area (Å²) in [5, 5.41) is 3.39. The summed E-state index contributed by atoms with van der Waals surface area (Å²) in [5.41, 5.74) is 2.54. The van der Waals surface area contributed by atoms with Gasteiger partial charge in [-0.1, -0.05) is 15.9 Å². The van der Waals surface area contributed by atoms with Gasteiger partial charge in [-0.25, -0.2) is 4.39 Å². The van der Waals surface area contributed by atoms with Gasteiger partial charge in [-0.05, 0) is 74.5 Å². The van der Waals surface area contributed by atoms with E-state index in [9.17, 15) is 4.39 Å². The third-order valence-corrected chi connectivity index (χ3v) is 6.26. The first-order valence-electron chi connectivity index (χ1n) is 7.40. The number of aryl methyl sites for hydroxylation is 2. The van der Waals surface area contributed by atoms with Crippen molar-refractivity contribution in [2.75, 3.05) is 7.05 Å². The number of nitrogens with one attached hydrogen (secondary N) is 1. The van der Waals surface area contributed by atoms with Crippen LogP contribution in [0.1, 0.15) is 39.8 Å². The number of fused-ring (bicyclic) bond motifs is 1. The molecule has 1 atom stereocenters. The molecule has 0 bridgehead atoms. The molecular weight excluding hydrogens is 349 g/mol. The van der Waals surface area contributed by atoms with E-state index in [1.165, 1.54) is 42.2 Å². The quantitative estimate of drug-likeness (QED) is 0.798. The Bertz CT molecular complexity index is 614. The van der Waals surface area contributed by atoms with Crippen molar-refractivity contribution < 1.29 is 4.39 Å². The number of rotatable bonds is 4. The fourth-order valence-corrected chi connectivity index (χ4v) is 4.73. The molecule has 1 unspecified atom stereocenters. The predicted octanol–water partition coefficient (Wildman–Crippen LogP) is 5.03. The van der Waals surface area contributed by atoms with Crippen molar-refractivity contribution in [2.45, 2.75) is 38.1 Å². The molecule has 1 N–H and O–H groups in total. The second kappa shape index (κ2) is 6.59. The average molecular weight is 368 g/mol. The summed E-state index contributed by atoms with van der Waals surface area (Å²) in [5.74, 6) is -0.173. The molecule has 0 fully saturated rings. The molecular formula is C17H19BrFNS. The summed E-state index contributed by atoms with van der Waals surface area (Å²) in [7, 11) is 1.98. The van der Waals surface area contributed by atoms with Crippen LogP contribution in [0.4, 0.5) is 4.39 Å². The summed E-state index contributed by atoms with van der Waals surface area (Å²) in [6.07, 6.45) is 5.86. The van der Waals surface area contributed by atoms with Gasteiger partial charge in [0.25, 0.3) is 0 Å². The molecule has 1 nitrogen and oxygen atoms in total. The highest BCUT2D eigenvalue weighted by Gasteiger charge is 2.19. The van der Waals surface area contributed by atoms with E-state index in [1.807, 2.05) is 18.4 Å². The maximum Gasteiger partial charge on any atom is 0.123 e. The number of likely N-dealkylation sites (N-methyl/N-ethyl adjacent to an activating group) is 1. The Morgan fingerprint density at radius 1 is 1.29 bits per heavy atom. The van der Waals surface area contributed by atoms with Gasteiger partial charge in [0.15, 0.2) is 0 Å². The second-order valence-electron chi connectivity index (χ2n) is 5.59. The Balaban J connectivity index is 1.84. The summed E-state index contributed by atoms with van der Waals surface area (Å²) in [4.78, 5) is 2.93. The van der Waals surface area contributed by atoms with Crippen molar-refractivity contribution >= 4 is 27.3 Å². The first-order chi connectivity index (χ1) is 10.2. The second-order valence-corrected chi connectivity index (χ2v) is 7.61. The van der Waals surface area contributed by atoms with E-state index in [1.54, 1.807) is 17.0 Å². The SMILES string of the molecule is CNC(Cc1cc(F)ccc1Br)c1cc2c(s1)CCCC2. The van der Waals surface area contributed by atoms with Crippen LogP contribution in [0.25, 0.3) is 0 Å². The van der Waals surface area contributed by atoms with E-state index in [0.717, 1.165) is 16.5 Å². The van der Waals surface area contributed by atoms with E-state index < -0.39 is 0 Å². The summed E-state index contributed by atoms with van der Waals surface area (Å²) in [6, 6.07) is 7.51. The lowest BCUT2D eigenvalue weighted by Crippen LogP contribution is -2.18. The number of benzene rings is 1. The largest absolute Gasteiger partial charge is 0.312 e. The molecule has 112 valence electrons. The van der Waals surface area contributed by atoms with Gasteiger partial charge in [0.1, 0.15) is 5.82 Å². The number of thiophene rings is 1. The smallest absolute Gasteiger partial charge is 0.123 e. The molecule has 1 heterocycles. The number of hydrogen-bond acceptors (Lipinski definition) is 2. The van der Waals surface area contributed by atoms with Gasteiger partial charge in [0, 0.05) is 20.3 Å². The Morgan fingerprint density at radius 3 is 2.86 bits per heavy atom. The highest BCUT2D eigenvalue weighted by molar-refractivity contribution is 9.10. The van der Waals surface area contributed by atoms with E-state index in [4.69, 9.17) is 0 Å². The molecule has 4 heteroatoms. The molecule has 1 aromatic carbocycles. The molecule has 0 saturated carbocycles. The van der Waals surface area contributed by atoms with Crippen molar-refractivity contribution in [3.8, 4) is 0 Å². The molecule has 0 amide bonds. The third-order valence-electron chi connectivity index (χ3n) is 4.14. The third kappa shape index (κ3) is 3.38. The van der Waals surface area contributed by atoms with Gasteiger partial charge in [-0.2, -0.15) is 0 Å². The molecule has 0 aliphatic heterocycles. The van der Waals surface area contributed by atoms with Crippen molar-refractivity contribution in [2.24, 2.45) is 0 Å². The van der Waals surface area contributed by atoms with Crippen molar-refractivity contribution in [3.63, 3.8) is 0 Å². The van der Waals surface area contributed by atoms with Gasteiger partial charge < -0.3 is 5.32 Å². The van der Waals surface area contributed by atoms with Gasteiger partial charge in [0.05, 0.1) is 0 Å². The minimum atomic E-state index is -0.173. The van der Waals surface area contributed by atoms with Crippen LogP contribution in [0.15, 0.2) is 28.7 Å². The number of halogens is 2. The predicted molar refractivity (Wildman–Crippen MR) is 90.6 cm³/mol. The monoisotopic (exact) mass is 367 g/mol. The Kier molecular flexibility index (Phi) is 4.77. The van der Waals surface area contributed by atoms with Crippen LogP contribution in [0.3, 0.4) is 0 Å². The first kappa shape index (κ1) is 15.2. The van der Waals surface area contributed by atoms with E-state index in [-0.39, 0.29) is 11.9 Å². The van der Waals surface area contributed by atoms with E-state index in [0.29, 0.717) is 0 Å². The van der Waals surface area contributed by atoms with Crippen LogP contribution in [0, 0.1) is 5.82 Å². The van der Waals surface area contributed by atoms with Gasteiger partial charge in [-0.3, -0.25) is 0 Å². The summed E-state index contributed by atoms with van der Waals surface area (Å²) >= 11 is 5.45. The highest BCUT2D eigenvalue weighted by atomic mass is 79.9. The molecule has 0 spiro atoms. The Morgan fingerprint density at radius 2 is 2.10 bits per heavy atom. The van der Waals surface area contributed by atoms with Gasteiger partial charge >= 0.3 is 0 Å². The van der Waals surface area contributed by atoms with Crippen LogP contribution < -0.4 is 5.32 Å². The maximum absolute atomic E-state index is 13.5. The fraction of sp³-hybridized carbons (Fsp3) is 0.412. The standard InChI is InChI=1S/C17H19BrFNS/c1-20-15(9-12-8-13(19)6-7-14(12)18)17-10-11-4-2-3-5-16(11)21-17/h6-8,10,15,20H,2-5,9H2,1H3. The minimum absolute atomic E-state index is 0.173. The van der Waals surface area contributed by atoms with E-state index >= 15 is 0 Å². The van der Waals surface area contributed by atoms with Crippen molar-refractivity contribution in [1.29, 1.82) is 0 Å². The van der Waals surface area contributed by atoms with Crippen LogP contribution in [0.5, 0.6) is 0 Å². The van der Waals surface area contributed by atoms with Gasteiger partial charge in [-0.15, -0.1) is 11.3 Å². The fourth-order valence-electron chi connectivity index (χ4n) is 2.95. The molecule has 0 radical (unpaired) electrons. The molecule has 0 saturated heterocycles. The van der Waals surface area contributed by atoms with Crippen LogP contribution in [0.2, 0.25) is 0 Å². The summed E-state index contributed by atoms with van der Waals surface area (Å²) in [6.45, 7) is 0. The molecule has 2 aromatic rings. The molecule has 1 aromatic heterocycles. The average Bonchev–Trinajstić information content (AvgIpc) is 2.91. The zero-order valence-corrected chi connectivity index (χ0v) is 14.5. The van der Waals surface area contributed by atoms with Gasteiger partial charge in [0.2, 0.25) is 0 Å². The van der Waals surface area contributed by atoms with Crippen LogP contribution >= 0.6 is 27.3 Å². The maximum atomic E-state index is 13.5. The van der Waals surface area contributed by atoms with E-state index in [2.05, 4.69) is 27.3 Å². The summed E-state index contributed by atoms with van der Waals surface area (Å²) < 4.78 is 14.4. The lowest BCUT2D eigenvalue weighted by Gasteiger charge is -2.15. The molecule has 21 heavy (non-hydrogen) atoms. The zero-order valence-electron chi connectivity index (χ0n) is 12.1. The number of hydrogen-bond donors (Lipinski definition) is 1. The first-order valence-corrected chi connectivity index (χ1v) is 9.01. The Hall–Kier alpha value is -0.710. The van der Waals surface area contributed by atoms with Crippen LogP contribution in [-0.2, 0) is 19.3 Å².